The number of ketones is 1. The zero-order valence-corrected chi connectivity index (χ0v) is 24.2. The smallest absolute Gasteiger partial charge is 0.233 e. The van der Waals surface area contributed by atoms with Crippen LogP contribution in [0.15, 0.2) is 35.5 Å². The first-order chi connectivity index (χ1) is 19.9. The van der Waals surface area contributed by atoms with E-state index in [9.17, 15) is 18.0 Å². The molecule has 2 aromatic rings. The second-order valence-corrected chi connectivity index (χ2v) is 14.2. The number of nitrogens with one attached hydrogen (secondary N) is 1. The third-order valence-electron chi connectivity index (χ3n) is 8.71. The van der Waals surface area contributed by atoms with Gasteiger partial charge >= 0.3 is 0 Å². The predicted molar refractivity (Wildman–Crippen MR) is 152 cm³/mol. The van der Waals surface area contributed by atoms with Gasteiger partial charge in [0.1, 0.15) is 5.78 Å². The number of rotatable bonds is 12. The van der Waals surface area contributed by atoms with Gasteiger partial charge in [-0.15, -0.1) is 0 Å². The Morgan fingerprint density at radius 3 is 2.59 bits per heavy atom. The summed E-state index contributed by atoms with van der Waals surface area (Å²) in [7, 11) is -3.34. The number of Topliss-reactive ketones (excluding diaryl/α,β-unsaturated/α-hetero) is 1. The molecule has 1 unspecified atom stereocenters. The number of benzene rings is 1. The topological polar surface area (TPSA) is 125 Å². The highest BCUT2D eigenvalue weighted by Crippen LogP contribution is 2.47. The first-order valence-electron chi connectivity index (χ1n) is 15.1. The molecule has 1 amide bonds. The molecular weight excluding hydrogens is 542 g/mol. The Labute approximate surface area is 241 Å². The highest BCUT2D eigenvalue weighted by molar-refractivity contribution is 7.92. The van der Waals surface area contributed by atoms with Crippen LogP contribution in [0, 0.1) is 5.92 Å². The molecule has 3 atom stereocenters. The number of hydrogen-bond acceptors (Lipinski definition) is 8. The summed E-state index contributed by atoms with van der Waals surface area (Å²) >= 11 is 0. The number of carbonyl (C=O) groups is 2. The van der Waals surface area contributed by atoms with Gasteiger partial charge in [-0.1, -0.05) is 12.1 Å². The molecule has 10 heteroatoms. The van der Waals surface area contributed by atoms with E-state index >= 15 is 0 Å². The molecule has 1 saturated heterocycles. The van der Waals surface area contributed by atoms with Crippen LogP contribution < -0.4 is 5.32 Å². The van der Waals surface area contributed by atoms with Gasteiger partial charge in [-0.05, 0) is 86.8 Å². The number of nitrogens with zero attached hydrogens (tertiary/aromatic N) is 2. The van der Waals surface area contributed by atoms with E-state index in [1.54, 1.807) is 24.5 Å². The van der Waals surface area contributed by atoms with E-state index in [4.69, 9.17) is 9.47 Å². The summed E-state index contributed by atoms with van der Waals surface area (Å²) in [5, 5.41) is 2.66. The van der Waals surface area contributed by atoms with Crippen molar-refractivity contribution in [1.29, 1.82) is 0 Å². The van der Waals surface area contributed by atoms with Crippen molar-refractivity contribution in [2.45, 2.75) is 105 Å². The maximum Gasteiger partial charge on any atom is 0.233 e. The SMILES string of the molecule is O=C1CC[C@H](C[C@@H](C(=O)Nc2cnc(CCOC3CCCCO3)cn2)c2ccc(S(=O)(=O)C3CC3)c(C3CC3)c2)C1. The van der Waals surface area contributed by atoms with Gasteiger partial charge in [-0.3, -0.25) is 14.6 Å². The van der Waals surface area contributed by atoms with Gasteiger partial charge in [0.15, 0.2) is 21.9 Å². The second kappa shape index (κ2) is 12.3. The minimum Gasteiger partial charge on any atom is -0.353 e. The third kappa shape index (κ3) is 7.04. The molecule has 4 fully saturated rings. The van der Waals surface area contributed by atoms with Gasteiger partial charge in [-0.25, -0.2) is 13.4 Å². The summed E-state index contributed by atoms with van der Waals surface area (Å²) in [4.78, 5) is 35.0. The van der Waals surface area contributed by atoms with E-state index in [0.29, 0.717) is 43.0 Å². The molecule has 3 saturated carbocycles. The van der Waals surface area contributed by atoms with E-state index in [-0.39, 0.29) is 35.1 Å². The summed E-state index contributed by atoms with van der Waals surface area (Å²) in [6.07, 6.45) is 12.5. The van der Waals surface area contributed by atoms with Crippen LogP contribution in [0.3, 0.4) is 0 Å². The van der Waals surface area contributed by atoms with E-state index in [1.165, 1.54) is 0 Å². The molecule has 0 spiro atoms. The molecule has 1 aliphatic heterocycles. The zero-order chi connectivity index (χ0) is 28.4. The summed E-state index contributed by atoms with van der Waals surface area (Å²) < 4.78 is 37.7. The second-order valence-electron chi connectivity index (χ2n) is 12.1. The molecule has 9 nitrogen and oxygen atoms in total. The van der Waals surface area contributed by atoms with Crippen LogP contribution in [0.2, 0.25) is 0 Å². The molecular formula is C31H39N3O6S. The molecule has 6 rings (SSSR count). The highest BCUT2D eigenvalue weighted by Gasteiger charge is 2.41. The third-order valence-corrected chi connectivity index (χ3v) is 11.0. The minimum absolute atomic E-state index is 0.124. The van der Waals surface area contributed by atoms with Crippen molar-refractivity contribution in [2.24, 2.45) is 5.92 Å². The molecule has 220 valence electrons. The van der Waals surface area contributed by atoms with Crippen LogP contribution in [-0.2, 0) is 35.3 Å². The number of sulfone groups is 1. The highest BCUT2D eigenvalue weighted by atomic mass is 32.2. The van der Waals surface area contributed by atoms with Crippen LogP contribution in [0.25, 0.3) is 0 Å². The Kier molecular flexibility index (Phi) is 8.51. The fraction of sp³-hybridized carbons (Fsp3) is 0.613. The lowest BCUT2D eigenvalue weighted by atomic mass is 9.86. The average Bonchev–Trinajstić information content (AvgIpc) is 3.91. The van der Waals surface area contributed by atoms with Crippen molar-refractivity contribution in [2.75, 3.05) is 18.5 Å². The molecule has 2 heterocycles. The van der Waals surface area contributed by atoms with Gasteiger partial charge in [0.05, 0.1) is 40.8 Å². The van der Waals surface area contributed by atoms with Crippen LogP contribution in [-0.4, -0.2) is 54.8 Å². The van der Waals surface area contributed by atoms with E-state index < -0.39 is 15.8 Å². The largest absolute Gasteiger partial charge is 0.353 e. The quantitative estimate of drug-likeness (QED) is 0.377. The molecule has 4 aliphatic rings. The summed E-state index contributed by atoms with van der Waals surface area (Å²) in [5.74, 6) is 0.203. The van der Waals surface area contributed by atoms with Crippen molar-refractivity contribution in [3.8, 4) is 0 Å². The molecule has 0 bridgehead atoms. The fourth-order valence-corrected chi connectivity index (χ4v) is 7.96. The molecule has 0 radical (unpaired) electrons. The summed E-state index contributed by atoms with van der Waals surface area (Å²) in [6, 6.07) is 5.46. The first kappa shape index (κ1) is 28.4. The number of anilines is 1. The van der Waals surface area contributed by atoms with Gasteiger partial charge in [0.2, 0.25) is 5.91 Å². The first-order valence-corrected chi connectivity index (χ1v) is 16.7. The van der Waals surface area contributed by atoms with Gasteiger partial charge in [-0.2, -0.15) is 0 Å². The van der Waals surface area contributed by atoms with Gasteiger partial charge < -0.3 is 14.8 Å². The molecule has 1 N–H and O–H groups in total. The normalized spacial score (nSPS) is 23.9. The number of hydrogen-bond donors (Lipinski definition) is 1. The summed E-state index contributed by atoms with van der Waals surface area (Å²) in [6.45, 7) is 1.23. The van der Waals surface area contributed by atoms with Crippen molar-refractivity contribution < 1.29 is 27.5 Å². The lowest BCUT2D eigenvalue weighted by molar-refractivity contribution is -0.161. The molecule has 3 aliphatic carbocycles. The number of ether oxygens (including phenoxy) is 2. The maximum atomic E-state index is 13.7. The zero-order valence-electron chi connectivity index (χ0n) is 23.4. The molecule has 1 aromatic heterocycles. The fourth-order valence-electron chi connectivity index (χ4n) is 6.03. The van der Waals surface area contributed by atoms with Crippen molar-refractivity contribution in [3.63, 3.8) is 0 Å². The number of amides is 1. The van der Waals surface area contributed by atoms with Crippen LogP contribution in [0.5, 0.6) is 0 Å². The van der Waals surface area contributed by atoms with Crippen LogP contribution in [0.1, 0.15) is 99.3 Å². The van der Waals surface area contributed by atoms with Crippen LogP contribution in [0.4, 0.5) is 5.82 Å². The number of carbonyl (C=O) groups excluding carboxylic acids is 2. The standard InChI is InChI=1S/C31H39N3O6S/c35-24-8-4-20(15-24)16-27(22-7-11-28(26(17-22)21-5-6-21)41(37,38)25-9-10-25)31(36)34-29-19-32-23(18-33-29)12-14-40-30-3-1-2-13-39-30/h7,11,17-21,25,27,30H,1-6,8-10,12-16H2,(H,33,34,36)/t20-,27+,30?/m0/s1. The maximum absolute atomic E-state index is 13.7. The van der Waals surface area contributed by atoms with Crippen molar-refractivity contribution in [1.82, 2.24) is 9.97 Å². The van der Waals surface area contributed by atoms with Crippen LogP contribution >= 0.6 is 0 Å². The molecule has 41 heavy (non-hydrogen) atoms. The van der Waals surface area contributed by atoms with Crippen molar-refractivity contribution >= 4 is 27.3 Å². The Morgan fingerprint density at radius 1 is 1.07 bits per heavy atom. The van der Waals surface area contributed by atoms with E-state index in [2.05, 4.69) is 15.3 Å². The lowest BCUT2D eigenvalue weighted by Gasteiger charge is -2.22. The Balaban J connectivity index is 1.16. The predicted octanol–water partition coefficient (Wildman–Crippen LogP) is 4.86. The Morgan fingerprint density at radius 2 is 1.93 bits per heavy atom. The molecule has 1 aromatic carbocycles. The lowest BCUT2D eigenvalue weighted by Crippen LogP contribution is -2.24. The Bertz CT molecular complexity index is 1360. The number of aromatic nitrogens is 2. The average molecular weight is 582 g/mol. The van der Waals surface area contributed by atoms with E-state index in [1.807, 2.05) is 6.07 Å². The monoisotopic (exact) mass is 581 g/mol. The van der Waals surface area contributed by atoms with Crippen molar-refractivity contribution in [3.05, 3.63) is 47.4 Å². The summed E-state index contributed by atoms with van der Waals surface area (Å²) in [5.41, 5.74) is 2.41. The van der Waals surface area contributed by atoms with Gasteiger partial charge in [0, 0.05) is 25.9 Å². The minimum atomic E-state index is -3.34. The van der Waals surface area contributed by atoms with E-state index in [0.717, 1.165) is 74.8 Å². The van der Waals surface area contributed by atoms with Gasteiger partial charge in [0.25, 0.3) is 0 Å². The Hall–Kier alpha value is -2.69.